The van der Waals surface area contributed by atoms with Crippen LogP contribution in [-0.2, 0) is 0 Å². The van der Waals surface area contributed by atoms with Crippen LogP contribution in [0.5, 0.6) is 0 Å². The molecule has 0 fully saturated rings. The van der Waals surface area contributed by atoms with Crippen molar-refractivity contribution in [3.63, 3.8) is 0 Å². The van der Waals surface area contributed by atoms with Gasteiger partial charge >= 0.3 is 0 Å². The van der Waals surface area contributed by atoms with Crippen LogP contribution in [0.25, 0.3) is 12.2 Å². The molecule has 0 aliphatic carbocycles. The first-order chi connectivity index (χ1) is 6.36. The minimum Gasteiger partial charge on any atom is -0.151 e. The van der Waals surface area contributed by atoms with Crippen molar-refractivity contribution >= 4 is 50.8 Å². The van der Waals surface area contributed by atoms with E-state index < -0.39 is 0 Å². The summed E-state index contributed by atoms with van der Waals surface area (Å²) in [6.45, 7) is 0. The number of thiophene rings is 2. The minimum absolute atomic E-state index is 1.17. The molecule has 0 nitrogen and oxygen atoms in total. The SMILES string of the molecule is Brc1cscc1/C=C/c1cccs1. The van der Waals surface area contributed by atoms with E-state index in [0.717, 1.165) is 0 Å². The molecule has 2 heterocycles. The van der Waals surface area contributed by atoms with Crippen molar-refractivity contribution in [2.45, 2.75) is 0 Å². The lowest BCUT2D eigenvalue weighted by Gasteiger charge is -1.86. The van der Waals surface area contributed by atoms with Crippen LogP contribution < -0.4 is 0 Å². The second-order valence-corrected chi connectivity index (χ2v) is 5.10. The average Bonchev–Trinajstić information content (AvgIpc) is 2.72. The Bertz CT molecular complexity index is 398. The molecular formula is C10H7BrS2. The molecule has 13 heavy (non-hydrogen) atoms. The molecule has 2 aromatic rings. The summed E-state index contributed by atoms with van der Waals surface area (Å²) < 4.78 is 1.17. The Balaban J connectivity index is 2.19. The van der Waals surface area contributed by atoms with Gasteiger partial charge < -0.3 is 0 Å². The Morgan fingerprint density at radius 3 is 2.77 bits per heavy atom. The first-order valence-electron chi connectivity index (χ1n) is 3.79. The van der Waals surface area contributed by atoms with E-state index >= 15 is 0 Å². The van der Waals surface area contributed by atoms with Gasteiger partial charge in [-0.05, 0) is 44.4 Å². The molecule has 0 spiro atoms. The van der Waals surface area contributed by atoms with Crippen LogP contribution in [0.1, 0.15) is 10.4 Å². The lowest BCUT2D eigenvalue weighted by Crippen LogP contribution is -1.63. The smallest absolute Gasteiger partial charge is 0.0354 e. The Hall–Kier alpha value is -0.380. The maximum Gasteiger partial charge on any atom is 0.0354 e. The third-order valence-electron chi connectivity index (χ3n) is 1.61. The van der Waals surface area contributed by atoms with E-state index in [-0.39, 0.29) is 0 Å². The maximum atomic E-state index is 3.49. The third kappa shape index (κ3) is 2.30. The van der Waals surface area contributed by atoms with Crippen molar-refractivity contribution < 1.29 is 0 Å². The number of hydrogen-bond acceptors (Lipinski definition) is 2. The van der Waals surface area contributed by atoms with Gasteiger partial charge in [-0.3, -0.25) is 0 Å². The topological polar surface area (TPSA) is 0 Å². The van der Waals surface area contributed by atoms with Crippen molar-refractivity contribution in [1.82, 2.24) is 0 Å². The summed E-state index contributed by atoms with van der Waals surface area (Å²) in [7, 11) is 0. The number of hydrogen-bond donors (Lipinski definition) is 0. The molecule has 0 N–H and O–H groups in total. The fourth-order valence-corrected chi connectivity index (χ4v) is 2.98. The average molecular weight is 271 g/mol. The van der Waals surface area contributed by atoms with Crippen LogP contribution in [0, 0.1) is 0 Å². The first kappa shape index (κ1) is 9.19. The highest BCUT2D eigenvalue weighted by Crippen LogP contribution is 2.23. The van der Waals surface area contributed by atoms with Gasteiger partial charge in [0.2, 0.25) is 0 Å². The molecule has 0 atom stereocenters. The molecule has 2 rings (SSSR count). The second kappa shape index (κ2) is 4.22. The Kier molecular flexibility index (Phi) is 2.98. The zero-order chi connectivity index (χ0) is 9.10. The van der Waals surface area contributed by atoms with E-state index in [9.17, 15) is 0 Å². The predicted octanol–water partition coefficient (Wildman–Crippen LogP) is 4.74. The van der Waals surface area contributed by atoms with Gasteiger partial charge in [-0.15, -0.1) is 11.3 Å². The van der Waals surface area contributed by atoms with Gasteiger partial charge in [-0.2, -0.15) is 11.3 Å². The Morgan fingerprint density at radius 1 is 1.23 bits per heavy atom. The molecule has 3 heteroatoms. The van der Waals surface area contributed by atoms with E-state index in [1.165, 1.54) is 14.9 Å². The van der Waals surface area contributed by atoms with Crippen LogP contribution in [0.15, 0.2) is 32.7 Å². The zero-order valence-corrected chi connectivity index (χ0v) is 9.95. The summed E-state index contributed by atoms with van der Waals surface area (Å²) in [4.78, 5) is 1.29. The van der Waals surface area contributed by atoms with Crippen LogP contribution >= 0.6 is 38.6 Å². The van der Waals surface area contributed by atoms with Crippen LogP contribution in [-0.4, -0.2) is 0 Å². The zero-order valence-electron chi connectivity index (χ0n) is 6.74. The Labute approximate surface area is 93.7 Å². The van der Waals surface area contributed by atoms with Crippen molar-refractivity contribution in [1.29, 1.82) is 0 Å². The van der Waals surface area contributed by atoms with Gasteiger partial charge in [-0.25, -0.2) is 0 Å². The van der Waals surface area contributed by atoms with Gasteiger partial charge in [0.25, 0.3) is 0 Å². The molecule has 66 valence electrons. The largest absolute Gasteiger partial charge is 0.151 e. The second-order valence-electron chi connectivity index (χ2n) is 2.52. The predicted molar refractivity (Wildman–Crippen MR) is 65.3 cm³/mol. The van der Waals surface area contributed by atoms with E-state index in [4.69, 9.17) is 0 Å². The minimum atomic E-state index is 1.17. The molecule has 0 aromatic carbocycles. The molecule has 2 aromatic heterocycles. The lowest BCUT2D eigenvalue weighted by molar-refractivity contribution is 1.80. The molecule has 0 unspecified atom stereocenters. The quantitative estimate of drug-likeness (QED) is 0.739. The van der Waals surface area contributed by atoms with E-state index in [1.807, 2.05) is 0 Å². The highest BCUT2D eigenvalue weighted by atomic mass is 79.9. The van der Waals surface area contributed by atoms with Gasteiger partial charge in [0.1, 0.15) is 0 Å². The van der Waals surface area contributed by atoms with Crippen molar-refractivity contribution in [2.75, 3.05) is 0 Å². The summed E-state index contributed by atoms with van der Waals surface area (Å²) in [6, 6.07) is 4.18. The highest BCUT2D eigenvalue weighted by molar-refractivity contribution is 9.10. The Morgan fingerprint density at radius 2 is 2.15 bits per heavy atom. The number of rotatable bonds is 2. The van der Waals surface area contributed by atoms with Crippen molar-refractivity contribution in [3.05, 3.63) is 43.2 Å². The van der Waals surface area contributed by atoms with E-state index in [0.29, 0.717) is 0 Å². The normalized spacial score (nSPS) is 11.2. The van der Waals surface area contributed by atoms with Crippen molar-refractivity contribution in [2.24, 2.45) is 0 Å². The van der Waals surface area contributed by atoms with E-state index in [2.05, 4.69) is 56.4 Å². The molecule has 0 aliphatic heterocycles. The molecular weight excluding hydrogens is 264 g/mol. The summed E-state index contributed by atoms with van der Waals surface area (Å²) in [5, 5.41) is 6.31. The third-order valence-corrected chi connectivity index (χ3v) is 4.20. The fourth-order valence-electron chi connectivity index (χ4n) is 0.968. The van der Waals surface area contributed by atoms with Crippen LogP contribution in [0.2, 0.25) is 0 Å². The number of halogens is 1. The molecule has 0 bridgehead atoms. The van der Waals surface area contributed by atoms with Gasteiger partial charge in [0, 0.05) is 14.7 Å². The summed E-state index contributed by atoms with van der Waals surface area (Å²) in [6.07, 6.45) is 4.27. The molecule has 0 aliphatic rings. The van der Waals surface area contributed by atoms with Crippen molar-refractivity contribution in [3.8, 4) is 0 Å². The molecule has 0 saturated carbocycles. The van der Waals surface area contributed by atoms with Gasteiger partial charge in [0.05, 0.1) is 0 Å². The standard InChI is InChI=1S/C10H7BrS2/c11-10-7-12-6-8(10)3-4-9-2-1-5-13-9/h1-7H/b4-3+. The molecule has 0 radical (unpaired) electrons. The van der Waals surface area contributed by atoms with E-state index in [1.54, 1.807) is 22.7 Å². The summed E-state index contributed by atoms with van der Waals surface area (Å²) in [5.74, 6) is 0. The summed E-state index contributed by atoms with van der Waals surface area (Å²) in [5.41, 5.74) is 1.25. The summed E-state index contributed by atoms with van der Waals surface area (Å²) >= 11 is 6.95. The monoisotopic (exact) mass is 270 g/mol. The fraction of sp³-hybridized carbons (Fsp3) is 0. The van der Waals surface area contributed by atoms with Gasteiger partial charge in [0.15, 0.2) is 0 Å². The maximum absolute atomic E-state index is 3.49. The van der Waals surface area contributed by atoms with Crippen LogP contribution in [0.3, 0.4) is 0 Å². The highest BCUT2D eigenvalue weighted by Gasteiger charge is 1.95. The lowest BCUT2D eigenvalue weighted by atomic mass is 10.3. The molecule has 0 amide bonds. The molecule has 0 saturated heterocycles. The van der Waals surface area contributed by atoms with Gasteiger partial charge in [-0.1, -0.05) is 12.1 Å². The van der Waals surface area contributed by atoms with Crippen LogP contribution in [0.4, 0.5) is 0 Å². The first-order valence-corrected chi connectivity index (χ1v) is 6.41.